The van der Waals surface area contributed by atoms with Gasteiger partial charge >= 0.3 is 0 Å². The second-order valence-electron chi connectivity index (χ2n) is 8.30. The Kier molecular flexibility index (Phi) is 6.85. The summed E-state index contributed by atoms with van der Waals surface area (Å²) < 4.78 is 0. The molecule has 1 atom stereocenters. The summed E-state index contributed by atoms with van der Waals surface area (Å²) in [6.45, 7) is 5.91. The van der Waals surface area contributed by atoms with Gasteiger partial charge in [0.05, 0.1) is 5.25 Å². The van der Waals surface area contributed by atoms with Crippen molar-refractivity contribution in [2.75, 3.05) is 10.2 Å². The molecule has 0 radical (unpaired) electrons. The van der Waals surface area contributed by atoms with Crippen LogP contribution in [0.2, 0.25) is 0 Å². The van der Waals surface area contributed by atoms with Gasteiger partial charge in [0.15, 0.2) is 0 Å². The van der Waals surface area contributed by atoms with E-state index in [9.17, 15) is 14.9 Å². The highest BCUT2D eigenvalue weighted by Crippen LogP contribution is 2.42. The molecule has 1 aliphatic heterocycles. The molecule has 1 aliphatic rings. The Morgan fingerprint density at radius 3 is 2.38 bits per heavy atom. The highest BCUT2D eigenvalue weighted by atomic mass is 32.2. The van der Waals surface area contributed by atoms with Crippen molar-refractivity contribution in [3.63, 3.8) is 0 Å². The van der Waals surface area contributed by atoms with Crippen LogP contribution in [0.25, 0.3) is 0 Å². The van der Waals surface area contributed by atoms with E-state index in [0.717, 1.165) is 22.3 Å². The lowest BCUT2D eigenvalue weighted by molar-refractivity contribution is -0.117. The standard InChI is InChI=1S/C28H25N3O2S/c1-18-12-14-21(15-13-18)16-25-27(33)31(22-9-5-4-6-10-22)28(34-25)23(17-29)26(32)30-24-11-7-8-19(2)20(24)3/h4-15,25H,16H2,1-3H3,(H,30,32)/b28-23+/t25-/m0/s1. The molecule has 3 aromatic rings. The molecule has 1 saturated heterocycles. The highest BCUT2D eigenvalue weighted by molar-refractivity contribution is 8.05. The first-order valence-corrected chi connectivity index (χ1v) is 11.9. The number of para-hydroxylation sites is 1. The quantitative estimate of drug-likeness (QED) is 0.387. The number of carbonyl (C=O) groups excluding carboxylic acids is 2. The van der Waals surface area contributed by atoms with E-state index in [2.05, 4.69) is 11.4 Å². The first kappa shape index (κ1) is 23.3. The van der Waals surface area contributed by atoms with Gasteiger partial charge in [0.2, 0.25) is 5.91 Å². The Labute approximate surface area is 204 Å². The van der Waals surface area contributed by atoms with Crippen LogP contribution in [0, 0.1) is 32.1 Å². The number of hydrogen-bond acceptors (Lipinski definition) is 4. The van der Waals surface area contributed by atoms with Gasteiger partial charge in [-0.15, -0.1) is 0 Å². The van der Waals surface area contributed by atoms with Crippen molar-refractivity contribution in [2.24, 2.45) is 0 Å². The van der Waals surface area contributed by atoms with Gasteiger partial charge in [0, 0.05) is 11.4 Å². The zero-order chi connectivity index (χ0) is 24.2. The topological polar surface area (TPSA) is 73.2 Å². The second kappa shape index (κ2) is 9.98. The number of rotatable bonds is 5. The highest BCUT2D eigenvalue weighted by Gasteiger charge is 2.40. The fraction of sp³-hybridized carbons (Fsp3) is 0.179. The van der Waals surface area contributed by atoms with Crippen molar-refractivity contribution in [2.45, 2.75) is 32.4 Å². The van der Waals surface area contributed by atoms with Gasteiger partial charge in [-0.25, -0.2) is 0 Å². The van der Waals surface area contributed by atoms with Crippen LogP contribution in [0.15, 0.2) is 83.4 Å². The molecular formula is C28H25N3O2S. The van der Waals surface area contributed by atoms with Gasteiger partial charge in [-0.05, 0) is 62.1 Å². The molecule has 4 rings (SSSR count). The number of nitrogens with one attached hydrogen (secondary N) is 1. The number of hydrogen-bond donors (Lipinski definition) is 1. The molecule has 0 spiro atoms. The number of anilines is 2. The monoisotopic (exact) mass is 467 g/mol. The summed E-state index contributed by atoms with van der Waals surface area (Å²) in [4.78, 5) is 28.3. The van der Waals surface area contributed by atoms with E-state index in [4.69, 9.17) is 0 Å². The molecule has 2 amide bonds. The molecule has 0 aliphatic carbocycles. The van der Waals surface area contributed by atoms with E-state index in [0.29, 0.717) is 22.8 Å². The van der Waals surface area contributed by atoms with Crippen LogP contribution in [0.3, 0.4) is 0 Å². The summed E-state index contributed by atoms with van der Waals surface area (Å²) in [6.07, 6.45) is 0.508. The summed E-state index contributed by atoms with van der Waals surface area (Å²) in [5.41, 5.74) is 5.36. The Morgan fingerprint density at radius 1 is 1.00 bits per heavy atom. The lowest BCUT2D eigenvalue weighted by Gasteiger charge is -2.19. The third-order valence-electron chi connectivity index (χ3n) is 5.91. The number of carbonyl (C=O) groups is 2. The van der Waals surface area contributed by atoms with Gasteiger partial charge in [0.25, 0.3) is 5.91 Å². The van der Waals surface area contributed by atoms with Crippen LogP contribution < -0.4 is 10.2 Å². The average Bonchev–Trinajstić information content (AvgIpc) is 3.15. The molecule has 0 saturated carbocycles. The molecule has 0 aromatic heterocycles. The Hall–Kier alpha value is -3.82. The van der Waals surface area contributed by atoms with Gasteiger partial charge in [-0.1, -0.05) is 71.9 Å². The maximum atomic E-state index is 13.5. The first-order chi connectivity index (χ1) is 16.4. The average molecular weight is 468 g/mol. The van der Waals surface area contributed by atoms with Gasteiger partial charge in [-0.3, -0.25) is 14.5 Å². The van der Waals surface area contributed by atoms with Crippen LogP contribution >= 0.6 is 11.8 Å². The Balaban J connectivity index is 1.72. The Morgan fingerprint density at radius 2 is 1.71 bits per heavy atom. The summed E-state index contributed by atoms with van der Waals surface area (Å²) >= 11 is 1.27. The van der Waals surface area contributed by atoms with Crippen molar-refractivity contribution < 1.29 is 9.59 Å². The summed E-state index contributed by atoms with van der Waals surface area (Å²) in [7, 11) is 0. The molecule has 1 heterocycles. The van der Waals surface area contributed by atoms with Crippen molar-refractivity contribution in [3.8, 4) is 6.07 Å². The van der Waals surface area contributed by atoms with Gasteiger partial charge in [-0.2, -0.15) is 5.26 Å². The minimum atomic E-state index is -0.525. The van der Waals surface area contributed by atoms with E-state index in [1.165, 1.54) is 16.7 Å². The predicted molar refractivity (Wildman–Crippen MR) is 137 cm³/mol. The van der Waals surface area contributed by atoms with Crippen molar-refractivity contribution >= 4 is 35.0 Å². The molecule has 0 unspecified atom stereocenters. The molecule has 34 heavy (non-hydrogen) atoms. The Bertz CT molecular complexity index is 1310. The second-order valence-corrected chi connectivity index (χ2v) is 9.49. The summed E-state index contributed by atoms with van der Waals surface area (Å²) in [5, 5.41) is 12.8. The van der Waals surface area contributed by atoms with E-state index in [1.807, 2.05) is 93.6 Å². The molecule has 3 aromatic carbocycles. The fourth-order valence-corrected chi connectivity index (χ4v) is 5.12. The number of benzene rings is 3. The van der Waals surface area contributed by atoms with E-state index >= 15 is 0 Å². The number of nitrogens with zero attached hydrogens (tertiary/aromatic N) is 2. The SMILES string of the molecule is Cc1ccc(C[C@@H]2S/C(=C(\C#N)C(=O)Nc3cccc(C)c3C)N(c3ccccc3)C2=O)cc1. The number of aryl methyl sites for hydroxylation is 2. The molecule has 0 bridgehead atoms. The van der Waals surface area contributed by atoms with Crippen LogP contribution in [0.1, 0.15) is 22.3 Å². The molecular weight excluding hydrogens is 442 g/mol. The van der Waals surface area contributed by atoms with Gasteiger partial charge < -0.3 is 5.32 Å². The van der Waals surface area contributed by atoms with E-state index in [1.54, 1.807) is 0 Å². The summed E-state index contributed by atoms with van der Waals surface area (Å²) in [6, 6.07) is 24.9. The maximum absolute atomic E-state index is 13.5. The number of nitriles is 1. The zero-order valence-electron chi connectivity index (χ0n) is 19.3. The van der Waals surface area contributed by atoms with Crippen LogP contribution in [0.5, 0.6) is 0 Å². The molecule has 1 fully saturated rings. The molecule has 5 nitrogen and oxygen atoms in total. The fourth-order valence-electron chi connectivity index (χ4n) is 3.81. The normalized spacial score (nSPS) is 16.8. The molecule has 6 heteroatoms. The third kappa shape index (κ3) is 4.75. The minimum absolute atomic E-state index is 0.0745. The lowest BCUT2D eigenvalue weighted by atomic mass is 10.1. The molecule has 170 valence electrons. The van der Waals surface area contributed by atoms with Crippen molar-refractivity contribution in [1.82, 2.24) is 0 Å². The maximum Gasteiger partial charge on any atom is 0.269 e. The van der Waals surface area contributed by atoms with E-state index in [-0.39, 0.29) is 11.5 Å². The first-order valence-electron chi connectivity index (χ1n) is 11.0. The van der Waals surface area contributed by atoms with Crippen molar-refractivity contribution in [1.29, 1.82) is 5.26 Å². The van der Waals surface area contributed by atoms with E-state index < -0.39 is 11.2 Å². The van der Waals surface area contributed by atoms with Crippen molar-refractivity contribution in [3.05, 3.63) is 106 Å². The minimum Gasteiger partial charge on any atom is -0.321 e. The number of amides is 2. The third-order valence-corrected chi connectivity index (χ3v) is 7.18. The van der Waals surface area contributed by atoms with Crippen LogP contribution in [-0.2, 0) is 16.0 Å². The summed E-state index contributed by atoms with van der Waals surface area (Å²) in [5.74, 6) is -0.664. The van der Waals surface area contributed by atoms with Crippen LogP contribution in [-0.4, -0.2) is 17.1 Å². The smallest absolute Gasteiger partial charge is 0.269 e. The zero-order valence-corrected chi connectivity index (χ0v) is 20.1. The predicted octanol–water partition coefficient (Wildman–Crippen LogP) is 5.68. The van der Waals surface area contributed by atoms with Crippen LogP contribution in [0.4, 0.5) is 11.4 Å². The van der Waals surface area contributed by atoms with Gasteiger partial charge in [0.1, 0.15) is 16.7 Å². The largest absolute Gasteiger partial charge is 0.321 e. The lowest BCUT2D eigenvalue weighted by Crippen LogP contribution is -2.30. The number of thioether (sulfide) groups is 1. The molecule has 1 N–H and O–H groups in total.